The van der Waals surface area contributed by atoms with Gasteiger partial charge in [-0.3, -0.25) is 4.79 Å². The summed E-state index contributed by atoms with van der Waals surface area (Å²) in [5.74, 6) is -0.305. The Morgan fingerprint density at radius 1 is 1.16 bits per heavy atom. The largest absolute Gasteiger partial charge is 0.378 e. The van der Waals surface area contributed by atoms with Gasteiger partial charge in [-0.05, 0) is 23.8 Å². The number of rotatable bonds is 2. The molecule has 1 aliphatic heterocycles. The van der Waals surface area contributed by atoms with Crippen LogP contribution in [0, 0.1) is 0 Å². The Labute approximate surface area is 116 Å². The van der Waals surface area contributed by atoms with Crippen molar-refractivity contribution in [3.63, 3.8) is 0 Å². The van der Waals surface area contributed by atoms with Crippen LogP contribution >= 0.6 is 11.6 Å². The molecule has 3 rings (SSSR count). The lowest BCUT2D eigenvalue weighted by Crippen LogP contribution is -2.28. The summed E-state index contributed by atoms with van der Waals surface area (Å²) in [5, 5.41) is 10.5. The molecule has 1 heterocycles. The molecular weight excluding hydrogens is 262 g/mol. The Kier molecular flexibility index (Phi) is 3.01. The van der Waals surface area contributed by atoms with Crippen molar-refractivity contribution in [2.75, 3.05) is 4.90 Å². The second-order valence-corrected chi connectivity index (χ2v) is 4.95. The van der Waals surface area contributed by atoms with E-state index in [9.17, 15) is 9.90 Å². The molecule has 1 unspecified atom stereocenters. The fraction of sp³-hybridized carbons (Fsp3) is 0.133. The summed E-state index contributed by atoms with van der Waals surface area (Å²) in [5.41, 5.74) is 2.32. The topological polar surface area (TPSA) is 40.5 Å². The molecule has 0 fully saturated rings. The van der Waals surface area contributed by atoms with E-state index >= 15 is 0 Å². The van der Waals surface area contributed by atoms with Gasteiger partial charge in [0.25, 0.3) is 5.91 Å². The van der Waals surface area contributed by atoms with E-state index in [1.807, 2.05) is 30.3 Å². The van der Waals surface area contributed by atoms with Gasteiger partial charge in [-0.15, -0.1) is 0 Å². The minimum Gasteiger partial charge on any atom is -0.378 e. The number of halogens is 1. The molecule has 1 aliphatic rings. The standard InChI is InChI=1S/C15H12ClNO2/c16-11-6-7-13-12(8-11)14(18)15(19)17(13)9-10-4-2-1-3-5-10/h1-8,14,18H,9H2. The number of carbonyl (C=O) groups excluding carboxylic acids is 1. The summed E-state index contributed by atoms with van der Waals surface area (Å²) in [7, 11) is 0. The first-order valence-electron chi connectivity index (χ1n) is 5.99. The number of hydrogen-bond donors (Lipinski definition) is 1. The first-order valence-corrected chi connectivity index (χ1v) is 6.37. The third-order valence-electron chi connectivity index (χ3n) is 3.26. The first-order chi connectivity index (χ1) is 9.16. The van der Waals surface area contributed by atoms with Crippen LogP contribution in [0.3, 0.4) is 0 Å². The molecule has 0 bridgehead atoms. The average molecular weight is 274 g/mol. The van der Waals surface area contributed by atoms with E-state index in [4.69, 9.17) is 11.6 Å². The number of benzene rings is 2. The highest BCUT2D eigenvalue weighted by molar-refractivity contribution is 6.31. The molecule has 0 aliphatic carbocycles. The van der Waals surface area contributed by atoms with Crippen molar-refractivity contribution in [3.05, 3.63) is 64.7 Å². The lowest BCUT2D eigenvalue weighted by molar-refractivity contribution is -0.125. The zero-order valence-corrected chi connectivity index (χ0v) is 10.8. The molecule has 1 amide bonds. The molecule has 0 saturated heterocycles. The minimum absolute atomic E-state index is 0.305. The molecule has 0 radical (unpaired) electrons. The number of hydrogen-bond acceptors (Lipinski definition) is 2. The van der Waals surface area contributed by atoms with Gasteiger partial charge in [0.15, 0.2) is 6.10 Å². The molecule has 4 heteroatoms. The van der Waals surface area contributed by atoms with Crippen LogP contribution in [0.5, 0.6) is 0 Å². The van der Waals surface area contributed by atoms with Crippen molar-refractivity contribution in [3.8, 4) is 0 Å². The van der Waals surface area contributed by atoms with E-state index in [0.29, 0.717) is 17.1 Å². The summed E-state index contributed by atoms with van der Waals surface area (Å²) >= 11 is 5.90. The van der Waals surface area contributed by atoms with Crippen LogP contribution in [0.2, 0.25) is 5.02 Å². The maximum Gasteiger partial charge on any atom is 0.260 e. The van der Waals surface area contributed by atoms with Crippen molar-refractivity contribution in [1.82, 2.24) is 0 Å². The second kappa shape index (κ2) is 4.68. The number of aliphatic hydroxyl groups excluding tert-OH is 1. The Bertz CT molecular complexity index is 627. The molecule has 0 aromatic heterocycles. The highest BCUT2D eigenvalue weighted by Gasteiger charge is 2.35. The van der Waals surface area contributed by atoms with E-state index in [0.717, 1.165) is 11.3 Å². The summed E-state index contributed by atoms with van der Waals surface area (Å²) in [6.45, 7) is 0.450. The normalized spacial score (nSPS) is 17.7. The van der Waals surface area contributed by atoms with Crippen LogP contribution in [0.4, 0.5) is 5.69 Å². The van der Waals surface area contributed by atoms with Crippen LogP contribution in [0.1, 0.15) is 17.2 Å². The highest BCUT2D eigenvalue weighted by atomic mass is 35.5. The minimum atomic E-state index is -1.11. The van der Waals surface area contributed by atoms with Gasteiger partial charge in [-0.1, -0.05) is 41.9 Å². The van der Waals surface area contributed by atoms with Crippen LogP contribution in [0.15, 0.2) is 48.5 Å². The van der Waals surface area contributed by atoms with Gasteiger partial charge in [0.05, 0.1) is 12.2 Å². The molecule has 2 aromatic carbocycles. The highest BCUT2D eigenvalue weighted by Crippen LogP contribution is 2.38. The van der Waals surface area contributed by atoms with Gasteiger partial charge in [0.2, 0.25) is 0 Å². The first kappa shape index (κ1) is 12.2. The third kappa shape index (κ3) is 2.11. The lowest BCUT2D eigenvalue weighted by Gasteiger charge is -2.17. The smallest absolute Gasteiger partial charge is 0.260 e. The van der Waals surface area contributed by atoms with Gasteiger partial charge in [-0.25, -0.2) is 0 Å². The molecule has 0 saturated carbocycles. The molecule has 96 valence electrons. The van der Waals surface area contributed by atoms with E-state index < -0.39 is 6.10 Å². The molecular formula is C15H12ClNO2. The van der Waals surface area contributed by atoms with Crippen molar-refractivity contribution in [2.24, 2.45) is 0 Å². The number of anilines is 1. The van der Waals surface area contributed by atoms with E-state index in [-0.39, 0.29) is 5.91 Å². The van der Waals surface area contributed by atoms with Crippen LogP contribution < -0.4 is 4.90 Å². The molecule has 0 spiro atoms. The van der Waals surface area contributed by atoms with Crippen molar-refractivity contribution >= 4 is 23.2 Å². The Morgan fingerprint density at radius 2 is 1.89 bits per heavy atom. The predicted molar refractivity (Wildman–Crippen MR) is 74.0 cm³/mol. The van der Waals surface area contributed by atoms with Gasteiger partial charge in [0, 0.05) is 10.6 Å². The molecule has 1 atom stereocenters. The van der Waals surface area contributed by atoms with Gasteiger partial charge in [-0.2, -0.15) is 0 Å². The molecule has 19 heavy (non-hydrogen) atoms. The Hall–Kier alpha value is -1.84. The predicted octanol–water partition coefficient (Wildman–Crippen LogP) is 2.92. The summed E-state index contributed by atoms with van der Waals surface area (Å²) in [6, 6.07) is 14.8. The van der Waals surface area contributed by atoms with E-state index in [2.05, 4.69) is 0 Å². The molecule has 2 aromatic rings. The maximum atomic E-state index is 12.1. The zero-order chi connectivity index (χ0) is 13.4. The number of amides is 1. The van der Waals surface area contributed by atoms with E-state index in [1.165, 1.54) is 0 Å². The Morgan fingerprint density at radius 3 is 2.63 bits per heavy atom. The van der Waals surface area contributed by atoms with Gasteiger partial charge in [0.1, 0.15) is 0 Å². The third-order valence-corrected chi connectivity index (χ3v) is 3.49. The van der Waals surface area contributed by atoms with Crippen LogP contribution in [-0.4, -0.2) is 11.0 Å². The van der Waals surface area contributed by atoms with Crippen LogP contribution in [-0.2, 0) is 11.3 Å². The van der Waals surface area contributed by atoms with Gasteiger partial charge < -0.3 is 10.0 Å². The second-order valence-electron chi connectivity index (χ2n) is 4.52. The monoisotopic (exact) mass is 273 g/mol. The quantitative estimate of drug-likeness (QED) is 0.914. The number of aliphatic hydroxyl groups is 1. The Balaban J connectivity index is 1.98. The van der Waals surface area contributed by atoms with Crippen molar-refractivity contribution < 1.29 is 9.90 Å². The van der Waals surface area contributed by atoms with Crippen LogP contribution in [0.25, 0.3) is 0 Å². The summed E-state index contributed by atoms with van der Waals surface area (Å²) in [6.07, 6.45) is -1.11. The lowest BCUT2D eigenvalue weighted by atomic mass is 10.1. The average Bonchev–Trinajstić information content (AvgIpc) is 2.65. The van der Waals surface area contributed by atoms with Crippen molar-refractivity contribution in [2.45, 2.75) is 12.6 Å². The number of nitrogens with zero attached hydrogens (tertiary/aromatic N) is 1. The molecule has 1 N–H and O–H groups in total. The fourth-order valence-corrected chi connectivity index (χ4v) is 2.50. The number of carbonyl (C=O) groups is 1. The van der Waals surface area contributed by atoms with E-state index in [1.54, 1.807) is 23.1 Å². The maximum absolute atomic E-state index is 12.1. The fourth-order valence-electron chi connectivity index (χ4n) is 2.32. The zero-order valence-electron chi connectivity index (χ0n) is 10.1. The van der Waals surface area contributed by atoms with Crippen molar-refractivity contribution in [1.29, 1.82) is 0 Å². The summed E-state index contributed by atoms with van der Waals surface area (Å²) < 4.78 is 0. The van der Waals surface area contributed by atoms with Gasteiger partial charge >= 0.3 is 0 Å². The summed E-state index contributed by atoms with van der Waals surface area (Å²) in [4.78, 5) is 13.7. The molecule has 3 nitrogen and oxygen atoms in total. The number of fused-ring (bicyclic) bond motifs is 1. The SMILES string of the molecule is O=C1C(O)c2cc(Cl)ccc2N1Cc1ccccc1.